The first-order chi connectivity index (χ1) is 9.75. The molecule has 1 aromatic rings. The summed E-state index contributed by atoms with van der Waals surface area (Å²) >= 11 is 0. The molecular weight excluding hydrogens is 270 g/mol. The summed E-state index contributed by atoms with van der Waals surface area (Å²) < 4.78 is 0. The number of carbonyl (C=O) groups excluding carboxylic acids is 1. The number of aliphatic hydroxyl groups is 1. The maximum absolute atomic E-state index is 12.1. The zero-order chi connectivity index (χ0) is 16.0. The van der Waals surface area contributed by atoms with E-state index in [1.807, 2.05) is 0 Å². The molecule has 3 N–H and O–H groups in total. The zero-order valence-electron chi connectivity index (χ0n) is 12.7. The van der Waals surface area contributed by atoms with Crippen molar-refractivity contribution in [1.82, 2.24) is 5.32 Å². The van der Waals surface area contributed by atoms with E-state index in [4.69, 9.17) is 0 Å². The van der Waals surface area contributed by atoms with Crippen molar-refractivity contribution in [3.8, 4) is 0 Å². The molecule has 0 spiro atoms. The van der Waals surface area contributed by atoms with Gasteiger partial charge in [0.1, 0.15) is 0 Å². The topological polar surface area (TPSA) is 86.6 Å². The van der Waals surface area contributed by atoms with E-state index in [2.05, 4.69) is 5.32 Å². The van der Waals surface area contributed by atoms with Crippen molar-refractivity contribution < 1.29 is 19.8 Å². The molecule has 1 aromatic carbocycles. The first-order valence-electron chi connectivity index (χ1n) is 7.02. The van der Waals surface area contributed by atoms with Crippen LogP contribution in [0.2, 0.25) is 0 Å². The average molecular weight is 293 g/mol. The van der Waals surface area contributed by atoms with Gasteiger partial charge in [0.2, 0.25) is 5.91 Å². The Labute approximate surface area is 125 Å². The van der Waals surface area contributed by atoms with Crippen LogP contribution in [-0.2, 0) is 15.0 Å². The van der Waals surface area contributed by atoms with Gasteiger partial charge in [0.15, 0.2) is 0 Å². The van der Waals surface area contributed by atoms with E-state index in [1.165, 1.54) is 0 Å². The van der Waals surface area contributed by atoms with Crippen LogP contribution in [-0.4, -0.2) is 34.2 Å². The molecular formula is C16H23NO4. The minimum Gasteiger partial charge on any atom is -0.481 e. The number of hydrogen-bond acceptors (Lipinski definition) is 3. The lowest BCUT2D eigenvalue weighted by molar-refractivity contribution is -0.145. The standard InChI is InChI=1S/C16H23NO4/c1-11(9-12(2)18)17-14(19)10-16(3,15(20)21)13-7-5-4-6-8-13/h4-8,11-12,18H,9-10H2,1-3H3,(H,17,19)(H,20,21). The molecule has 1 amide bonds. The average Bonchev–Trinajstić information content (AvgIpc) is 2.37. The highest BCUT2D eigenvalue weighted by Gasteiger charge is 2.37. The van der Waals surface area contributed by atoms with Gasteiger partial charge in [0.25, 0.3) is 0 Å². The molecule has 0 radical (unpaired) electrons. The molecule has 0 aliphatic carbocycles. The molecule has 0 aromatic heterocycles. The molecule has 0 heterocycles. The van der Waals surface area contributed by atoms with Crippen LogP contribution in [0.4, 0.5) is 0 Å². The number of nitrogens with one attached hydrogen (secondary N) is 1. The van der Waals surface area contributed by atoms with Crippen LogP contribution in [0.15, 0.2) is 30.3 Å². The van der Waals surface area contributed by atoms with Gasteiger partial charge in [-0.15, -0.1) is 0 Å². The number of carbonyl (C=O) groups is 2. The maximum Gasteiger partial charge on any atom is 0.314 e. The summed E-state index contributed by atoms with van der Waals surface area (Å²) in [6.07, 6.45) is -0.225. The van der Waals surface area contributed by atoms with Crippen LogP contribution < -0.4 is 5.32 Å². The van der Waals surface area contributed by atoms with Crippen molar-refractivity contribution in [2.75, 3.05) is 0 Å². The molecule has 0 saturated heterocycles. The smallest absolute Gasteiger partial charge is 0.314 e. The second-order valence-corrected chi connectivity index (χ2v) is 5.73. The minimum atomic E-state index is -1.27. The number of aliphatic hydroxyl groups excluding tert-OH is 1. The molecule has 5 nitrogen and oxygen atoms in total. The number of rotatable bonds is 7. The number of aliphatic carboxylic acids is 1. The number of carboxylic acid groups (broad SMARTS) is 1. The Kier molecular flexibility index (Phi) is 5.90. The van der Waals surface area contributed by atoms with Gasteiger partial charge in [0.05, 0.1) is 11.5 Å². The summed E-state index contributed by atoms with van der Waals surface area (Å²) in [5, 5.41) is 21.5. The van der Waals surface area contributed by atoms with Gasteiger partial charge in [-0.2, -0.15) is 0 Å². The molecule has 1 rings (SSSR count). The molecule has 0 aliphatic rings. The van der Waals surface area contributed by atoms with Crippen molar-refractivity contribution in [3.63, 3.8) is 0 Å². The van der Waals surface area contributed by atoms with Crippen molar-refractivity contribution in [1.29, 1.82) is 0 Å². The Morgan fingerprint density at radius 1 is 1.24 bits per heavy atom. The van der Waals surface area contributed by atoms with Crippen molar-refractivity contribution in [2.45, 2.75) is 51.2 Å². The Bertz CT molecular complexity index is 486. The lowest BCUT2D eigenvalue weighted by Gasteiger charge is -2.26. The third-order valence-corrected chi connectivity index (χ3v) is 3.50. The third-order valence-electron chi connectivity index (χ3n) is 3.50. The Balaban J connectivity index is 2.80. The number of amides is 1. The highest BCUT2D eigenvalue weighted by atomic mass is 16.4. The van der Waals surface area contributed by atoms with E-state index in [0.29, 0.717) is 12.0 Å². The molecule has 3 atom stereocenters. The normalized spacial score (nSPS) is 16.6. The Hall–Kier alpha value is -1.88. The van der Waals surface area contributed by atoms with E-state index in [-0.39, 0.29) is 18.4 Å². The van der Waals surface area contributed by atoms with Gasteiger partial charge in [-0.25, -0.2) is 0 Å². The van der Waals surface area contributed by atoms with Gasteiger partial charge >= 0.3 is 5.97 Å². The summed E-state index contributed by atoms with van der Waals surface area (Å²) in [5.41, 5.74) is -0.675. The third kappa shape index (κ3) is 4.86. The highest BCUT2D eigenvalue weighted by molar-refractivity contribution is 5.89. The van der Waals surface area contributed by atoms with Gasteiger partial charge < -0.3 is 15.5 Å². The highest BCUT2D eigenvalue weighted by Crippen LogP contribution is 2.28. The van der Waals surface area contributed by atoms with E-state index < -0.39 is 17.5 Å². The number of hydrogen-bond donors (Lipinski definition) is 3. The number of carboxylic acids is 1. The van der Waals surface area contributed by atoms with Crippen LogP contribution >= 0.6 is 0 Å². The van der Waals surface area contributed by atoms with E-state index in [1.54, 1.807) is 51.1 Å². The maximum atomic E-state index is 12.1. The Morgan fingerprint density at radius 3 is 2.29 bits per heavy atom. The first kappa shape index (κ1) is 17.2. The quantitative estimate of drug-likeness (QED) is 0.714. The Morgan fingerprint density at radius 2 is 1.81 bits per heavy atom. The molecule has 0 aliphatic heterocycles. The molecule has 116 valence electrons. The van der Waals surface area contributed by atoms with E-state index >= 15 is 0 Å². The zero-order valence-corrected chi connectivity index (χ0v) is 12.7. The van der Waals surface area contributed by atoms with Gasteiger partial charge in [-0.1, -0.05) is 30.3 Å². The van der Waals surface area contributed by atoms with Gasteiger partial charge in [-0.05, 0) is 32.8 Å². The first-order valence-corrected chi connectivity index (χ1v) is 7.02. The second-order valence-electron chi connectivity index (χ2n) is 5.73. The molecule has 21 heavy (non-hydrogen) atoms. The predicted octanol–water partition coefficient (Wildman–Crippen LogP) is 1.69. The van der Waals surface area contributed by atoms with Crippen molar-refractivity contribution in [3.05, 3.63) is 35.9 Å². The van der Waals surface area contributed by atoms with Crippen LogP contribution in [0.3, 0.4) is 0 Å². The SMILES string of the molecule is CC(O)CC(C)NC(=O)CC(C)(C(=O)O)c1ccccc1. The van der Waals surface area contributed by atoms with Crippen LogP contribution in [0.1, 0.15) is 39.2 Å². The van der Waals surface area contributed by atoms with Crippen LogP contribution in [0.25, 0.3) is 0 Å². The monoisotopic (exact) mass is 293 g/mol. The minimum absolute atomic E-state index is 0.142. The molecule has 0 bridgehead atoms. The van der Waals surface area contributed by atoms with Crippen LogP contribution in [0, 0.1) is 0 Å². The van der Waals surface area contributed by atoms with Gasteiger partial charge in [0, 0.05) is 12.5 Å². The summed E-state index contributed by atoms with van der Waals surface area (Å²) in [5.74, 6) is -1.37. The fourth-order valence-corrected chi connectivity index (χ4v) is 2.32. The molecule has 3 unspecified atom stereocenters. The lowest BCUT2D eigenvalue weighted by Crippen LogP contribution is -2.42. The lowest BCUT2D eigenvalue weighted by atomic mass is 9.79. The second kappa shape index (κ2) is 7.22. The summed E-state index contributed by atoms with van der Waals surface area (Å²) in [6, 6.07) is 8.53. The van der Waals surface area contributed by atoms with Crippen molar-refractivity contribution in [2.24, 2.45) is 0 Å². The largest absolute Gasteiger partial charge is 0.481 e. The fraction of sp³-hybridized carbons (Fsp3) is 0.500. The predicted molar refractivity (Wildman–Crippen MR) is 79.9 cm³/mol. The van der Waals surface area contributed by atoms with Crippen molar-refractivity contribution >= 4 is 11.9 Å². The van der Waals surface area contributed by atoms with Gasteiger partial charge in [-0.3, -0.25) is 9.59 Å². The summed E-state index contributed by atoms with van der Waals surface area (Å²) in [4.78, 5) is 23.7. The van der Waals surface area contributed by atoms with Crippen LogP contribution in [0.5, 0.6) is 0 Å². The molecule has 0 saturated carbocycles. The fourth-order valence-electron chi connectivity index (χ4n) is 2.32. The molecule has 0 fully saturated rings. The van der Waals surface area contributed by atoms with E-state index in [0.717, 1.165) is 0 Å². The summed E-state index contributed by atoms with van der Waals surface area (Å²) in [7, 11) is 0. The van der Waals surface area contributed by atoms with E-state index in [9.17, 15) is 19.8 Å². The number of benzene rings is 1. The molecule has 5 heteroatoms. The summed E-state index contributed by atoms with van der Waals surface area (Å²) in [6.45, 7) is 4.98.